The number of halogens is 1. The Balaban J connectivity index is 2.21. The maximum atomic E-state index is 13.8. The van der Waals surface area contributed by atoms with E-state index in [2.05, 4.69) is 15.3 Å². The van der Waals surface area contributed by atoms with Crippen LogP contribution in [0.1, 0.15) is 18.3 Å². The number of nitrogens with zero attached hydrogens (tertiary/aromatic N) is 2. The quantitative estimate of drug-likeness (QED) is 0.788. The summed E-state index contributed by atoms with van der Waals surface area (Å²) in [6, 6.07) is 6.64. The summed E-state index contributed by atoms with van der Waals surface area (Å²) >= 11 is 0. The van der Waals surface area contributed by atoms with E-state index in [9.17, 15) is 4.39 Å². The SMILES string of the molecule is CCNc1nc(C)c(C)nc1-c1cc2cccc(F)c2o1. The summed E-state index contributed by atoms with van der Waals surface area (Å²) in [5.74, 6) is 0.794. The summed E-state index contributed by atoms with van der Waals surface area (Å²) < 4.78 is 19.4. The number of fused-ring (bicyclic) bond motifs is 1. The number of hydrogen-bond donors (Lipinski definition) is 1. The Morgan fingerprint density at radius 3 is 2.67 bits per heavy atom. The van der Waals surface area contributed by atoms with Crippen LogP contribution in [0.4, 0.5) is 10.2 Å². The minimum absolute atomic E-state index is 0.245. The van der Waals surface area contributed by atoms with E-state index in [1.54, 1.807) is 12.1 Å². The zero-order chi connectivity index (χ0) is 15.0. The van der Waals surface area contributed by atoms with E-state index in [0.29, 0.717) is 22.7 Å². The highest BCUT2D eigenvalue weighted by atomic mass is 19.1. The van der Waals surface area contributed by atoms with Crippen molar-refractivity contribution in [2.24, 2.45) is 0 Å². The molecule has 0 fully saturated rings. The number of rotatable bonds is 3. The Bertz CT molecular complexity index is 811. The highest BCUT2D eigenvalue weighted by Crippen LogP contribution is 2.32. The van der Waals surface area contributed by atoms with E-state index in [0.717, 1.165) is 17.9 Å². The van der Waals surface area contributed by atoms with Crippen LogP contribution in [0.25, 0.3) is 22.4 Å². The average Bonchev–Trinajstić information content (AvgIpc) is 2.88. The van der Waals surface area contributed by atoms with Crippen molar-refractivity contribution in [1.82, 2.24) is 9.97 Å². The molecule has 4 nitrogen and oxygen atoms in total. The second kappa shape index (κ2) is 5.16. The van der Waals surface area contributed by atoms with Crippen molar-refractivity contribution in [2.75, 3.05) is 11.9 Å². The lowest BCUT2D eigenvalue weighted by Crippen LogP contribution is -2.05. The average molecular weight is 285 g/mol. The van der Waals surface area contributed by atoms with Crippen LogP contribution >= 0.6 is 0 Å². The van der Waals surface area contributed by atoms with Crippen LogP contribution in [-0.4, -0.2) is 16.5 Å². The van der Waals surface area contributed by atoms with Gasteiger partial charge < -0.3 is 9.73 Å². The Hall–Kier alpha value is -2.43. The third-order valence-corrected chi connectivity index (χ3v) is 3.38. The Morgan fingerprint density at radius 1 is 1.19 bits per heavy atom. The molecule has 21 heavy (non-hydrogen) atoms. The molecule has 0 aliphatic carbocycles. The fraction of sp³-hybridized carbons (Fsp3) is 0.250. The molecule has 3 rings (SSSR count). The largest absolute Gasteiger partial charge is 0.451 e. The molecule has 5 heteroatoms. The van der Waals surface area contributed by atoms with Crippen LogP contribution in [0.3, 0.4) is 0 Å². The van der Waals surface area contributed by atoms with Crippen LogP contribution < -0.4 is 5.32 Å². The molecule has 0 spiro atoms. The third kappa shape index (κ3) is 2.35. The molecule has 0 aliphatic heterocycles. The van der Waals surface area contributed by atoms with Gasteiger partial charge in [0.1, 0.15) is 5.69 Å². The van der Waals surface area contributed by atoms with Crippen molar-refractivity contribution in [2.45, 2.75) is 20.8 Å². The van der Waals surface area contributed by atoms with Gasteiger partial charge in [-0.25, -0.2) is 14.4 Å². The molecule has 2 aromatic heterocycles. The number of furan rings is 1. The van der Waals surface area contributed by atoms with Gasteiger partial charge >= 0.3 is 0 Å². The van der Waals surface area contributed by atoms with Crippen molar-refractivity contribution in [3.63, 3.8) is 0 Å². The number of aryl methyl sites for hydroxylation is 2. The third-order valence-electron chi connectivity index (χ3n) is 3.38. The van der Waals surface area contributed by atoms with Gasteiger partial charge in [0.15, 0.2) is 23.0 Å². The Morgan fingerprint density at radius 2 is 1.95 bits per heavy atom. The van der Waals surface area contributed by atoms with Gasteiger partial charge in [-0.05, 0) is 32.9 Å². The van der Waals surface area contributed by atoms with Gasteiger partial charge in [0.05, 0.1) is 11.4 Å². The number of hydrogen-bond acceptors (Lipinski definition) is 4. The first-order valence-electron chi connectivity index (χ1n) is 6.87. The van der Waals surface area contributed by atoms with Crippen molar-refractivity contribution in [3.8, 4) is 11.5 Å². The van der Waals surface area contributed by atoms with Crippen LogP contribution in [0, 0.1) is 19.7 Å². The lowest BCUT2D eigenvalue weighted by Gasteiger charge is -2.09. The van der Waals surface area contributed by atoms with E-state index in [4.69, 9.17) is 4.42 Å². The zero-order valence-corrected chi connectivity index (χ0v) is 12.2. The molecule has 0 saturated carbocycles. The number of nitrogens with one attached hydrogen (secondary N) is 1. The number of aromatic nitrogens is 2. The molecule has 3 aromatic rings. The minimum atomic E-state index is -0.374. The normalized spacial score (nSPS) is 11.0. The van der Waals surface area contributed by atoms with Gasteiger partial charge in [-0.3, -0.25) is 0 Å². The molecular weight excluding hydrogens is 269 g/mol. The fourth-order valence-electron chi connectivity index (χ4n) is 2.21. The molecule has 0 unspecified atom stereocenters. The fourth-order valence-corrected chi connectivity index (χ4v) is 2.21. The van der Waals surface area contributed by atoms with E-state index < -0.39 is 0 Å². The predicted octanol–water partition coefficient (Wildman–Crippen LogP) is 4.08. The highest BCUT2D eigenvalue weighted by molar-refractivity contribution is 5.84. The van der Waals surface area contributed by atoms with Crippen LogP contribution in [0.15, 0.2) is 28.7 Å². The van der Waals surface area contributed by atoms with E-state index in [1.807, 2.05) is 26.8 Å². The Kier molecular flexibility index (Phi) is 3.33. The first kappa shape index (κ1) is 13.5. The van der Waals surface area contributed by atoms with Crippen LogP contribution in [-0.2, 0) is 0 Å². The molecule has 0 aliphatic rings. The van der Waals surface area contributed by atoms with Crippen molar-refractivity contribution < 1.29 is 8.81 Å². The topological polar surface area (TPSA) is 51.0 Å². The first-order chi connectivity index (χ1) is 10.1. The summed E-state index contributed by atoms with van der Waals surface area (Å²) in [6.07, 6.45) is 0. The first-order valence-corrected chi connectivity index (χ1v) is 6.87. The summed E-state index contributed by atoms with van der Waals surface area (Å²) in [7, 11) is 0. The second-order valence-corrected chi connectivity index (χ2v) is 4.89. The minimum Gasteiger partial charge on any atom is -0.451 e. The van der Waals surface area contributed by atoms with Gasteiger partial charge in [0.25, 0.3) is 0 Å². The Labute approximate surface area is 122 Å². The number of benzene rings is 1. The summed E-state index contributed by atoms with van der Waals surface area (Å²) in [4.78, 5) is 9.05. The van der Waals surface area contributed by atoms with Gasteiger partial charge in [-0.2, -0.15) is 0 Å². The van der Waals surface area contributed by atoms with Gasteiger partial charge in [0, 0.05) is 11.9 Å². The van der Waals surface area contributed by atoms with Gasteiger partial charge in [-0.15, -0.1) is 0 Å². The summed E-state index contributed by atoms with van der Waals surface area (Å²) in [5.41, 5.74) is 2.54. The predicted molar refractivity (Wildman–Crippen MR) is 80.8 cm³/mol. The second-order valence-electron chi connectivity index (χ2n) is 4.89. The molecule has 0 bridgehead atoms. The van der Waals surface area contributed by atoms with E-state index >= 15 is 0 Å². The lowest BCUT2D eigenvalue weighted by molar-refractivity contribution is 0.567. The van der Waals surface area contributed by atoms with Crippen LogP contribution in [0.5, 0.6) is 0 Å². The maximum absolute atomic E-state index is 13.8. The molecular formula is C16H16FN3O. The molecule has 1 N–H and O–H groups in total. The van der Waals surface area contributed by atoms with Crippen molar-refractivity contribution in [3.05, 3.63) is 41.5 Å². The molecule has 108 valence electrons. The molecule has 0 atom stereocenters. The molecule has 2 heterocycles. The maximum Gasteiger partial charge on any atom is 0.170 e. The monoisotopic (exact) mass is 285 g/mol. The molecule has 1 aromatic carbocycles. The van der Waals surface area contributed by atoms with E-state index in [-0.39, 0.29) is 11.4 Å². The highest BCUT2D eigenvalue weighted by Gasteiger charge is 2.16. The standard InChI is InChI=1S/C16H16FN3O/c1-4-18-16-14(19-9(2)10(3)20-16)13-8-11-6-5-7-12(17)15(11)21-13/h5-8H,4H2,1-3H3,(H,18,20). The summed E-state index contributed by atoms with van der Waals surface area (Å²) in [5, 5.41) is 3.89. The molecule has 0 radical (unpaired) electrons. The van der Waals surface area contributed by atoms with Gasteiger partial charge in [-0.1, -0.05) is 12.1 Å². The van der Waals surface area contributed by atoms with Gasteiger partial charge in [0.2, 0.25) is 0 Å². The van der Waals surface area contributed by atoms with Crippen LogP contribution in [0.2, 0.25) is 0 Å². The van der Waals surface area contributed by atoms with E-state index in [1.165, 1.54) is 6.07 Å². The number of anilines is 1. The molecule has 0 saturated heterocycles. The molecule has 0 amide bonds. The smallest absolute Gasteiger partial charge is 0.170 e. The lowest BCUT2D eigenvalue weighted by atomic mass is 10.2. The van der Waals surface area contributed by atoms with Crippen molar-refractivity contribution >= 4 is 16.8 Å². The zero-order valence-electron chi connectivity index (χ0n) is 12.2. The summed E-state index contributed by atoms with van der Waals surface area (Å²) in [6.45, 7) is 6.51. The van der Waals surface area contributed by atoms with Crippen molar-refractivity contribution in [1.29, 1.82) is 0 Å². The number of para-hydroxylation sites is 1.